The lowest BCUT2D eigenvalue weighted by Gasteiger charge is -2.14. The van der Waals surface area contributed by atoms with Crippen LogP contribution >= 0.6 is 0 Å². The average Bonchev–Trinajstić information content (AvgIpc) is 2.74. The number of ether oxygens (including phenoxy) is 1. The van der Waals surface area contributed by atoms with Gasteiger partial charge in [0.25, 0.3) is 0 Å². The summed E-state index contributed by atoms with van der Waals surface area (Å²) in [7, 11) is 0. The van der Waals surface area contributed by atoms with Crippen LogP contribution in [0.2, 0.25) is 0 Å². The molecule has 1 aliphatic heterocycles. The van der Waals surface area contributed by atoms with Gasteiger partial charge in [0, 0.05) is 12.6 Å². The van der Waals surface area contributed by atoms with E-state index in [-0.39, 0.29) is 6.07 Å². The fourth-order valence-corrected chi connectivity index (χ4v) is 1.55. The number of hydrogen-bond acceptors (Lipinski definition) is 2. The zero-order valence-corrected chi connectivity index (χ0v) is 8.20. The molecule has 0 aliphatic carbocycles. The predicted octanol–water partition coefficient (Wildman–Crippen LogP) is 1.98. The van der Waals surface area contributed by atoms with E-state index in [0.717, 1.165) is 0 Å². The average molecular weight is 235 g/mol. The van der Waals surface area contributed by atoms with Crippen LogP contribution in [-0.2, 0) is 0 Å². The first-order valence-electron chi connectivity index (χ1n) is 4.80. The molecule has 1 aromatic carbocycles. The molecule has 0 amide bonds. The minimum atomic E-state index is -1.49. The first-order chi connectivity index (χ1) is 7.59. The van der Waals surface area contributed by atoms with Gasteiger partial charge in [0.05, 0.1) is 0 Å². The van der Waals surface area contributed by atoms with Crippen molar-refractivity contribution in [2.45, 2.75) is 12.5 Å². The maximum absolute atomic E-state index is 13.2. The Bertz CT molecular complexity index is 378. The minimum Gasteiger partial charge on any atom is -0.483 e. The maximum Gasteiger partial charge on any atom is 0.203 e. The van der Waals surface area contributed by atoms with E-state index >= 15 is 0 Å². The third-order valence-electron chi connectivity index (χ3n) is 2.37. The maximum atomic E-state index is 13.2. The van der Waals surface area contributed by atoms with Gasteiger partial charge >= 0.3 is 0 Å². The van der Waals surface area contributed by atoms with E-state index in [9.17, 15) is 17.6 Å². The molecular weight excluding hydrogens is 226 g/mol. The van der Waals surface area contributed by atoms with Gasteiger partial charge in [-0.15, -0.1) is 0 Å². The van der Waals surface area contributed by atoms with Crippen LogP contribution in [0.15, 0.2) is 6.07 Å². The molecule has 1 N–H and O–H groups in total. The number of nitrogens with one attached hydrogen (secondary N) is 1. The molecule has 1 saturated heterocycles. The Labute approximate surface area is 89.2 Å². The SMILES string of the molecule is Fc1cc(F)c(F)c(O[C@@H]2CCNC2)c1F. The molecule has 16 heavy (non-hydrogen) atoms. The van der Waals surface area contributed by atoms with Crippen molar-refractivity contribution in [2.24, 2.45) is 0 Å². The molecule has 0 unspecified atom stereocenters. The predicted molar refractivity (Wildman–Crippen MR) is 48.2 cm³/mol. The highest BCUT2D eigenvalue weighted by molar-refractivity contribution is 5.29. The van der Waals surface area contributed by atoms with Gasteiger partial charge in [0.2, 0.25) is 11.6 Å². The van der Waals surface area contributed by atoms with Crippen molar-refractivity contribution >= 4 is 0 Å². The molecule has 1 fully saturated rings. The highest BCUT2D eigenvalue weighted by Crippen LogP contribution is 2.28. The van der Waals surface area contributed by atoms with E-state index in [4.69, 9.17) is 4.74 Å². The molecule has 1 aliphatic rings. The highest BCUT2D eigenvalue weighted by Gasteiger charge is 2.25. The Morgan fingerprint density at radius 1 is 1.12 bits per heavy atom. The van der Waals surface area contributed by atoms with Gasteiger partial charge in [-0.05, 0) is 13.0 Å². The Morgan fingerprint density at radius 2 is 1.75 bits per heavy atom. The third-order valence-corrected chi connectivity index (χ3v) is 2.37. The Kier molecular flexibility index (Phi) is 3.00. The van der Waals surface area contributed by atoms with Crippen LogP contribution in [0.4, 0.5) is 17.6 Å². The largest absolute Gasteiger partial charge is 0.483 e. The van der Waals surface area contributed by atoms with Crippen LogP contribution in [0.5, 0.6) is 5.75 Å². The van der Waals surface area contributed by atoms with E-state index in [2.05, 4.69) is 5.32 Å². The fraction of sp³-hybridized carbons (Fsp3) is 0.400. The highest BCUT2D eigenvalue weighted by atomic mass is 19.2. The van der Waals surface area contributed by atoms with Crippen molar-refractivity contribution in [1.29, 1.82) is 0 Å². The summed E-state index contributed by atoms with van der Waals surface area (Å²) in [5.41, 5.74) is 0. The van der Waals surface area contributed by atoms with Crippen molar-refractivity contribution in [3.05, 3.63) is 29.3 Å². The topological polar surface area (TPSA) is 21.3 Å². The summed E-state index contributed by atoms with van der Waals surface area (Å²) in [5.74, 6) is -6.89. The quantitative estimate of drug-likeness (QED) is 0.625. The lowest BCUT2D eigenvalue weighted by molar-refractivity contribution is 0.196. The van der Waals surface area contributed by atoms with Crippen LogP contribution in [-0.4, -0.2) is 19.2 Å². The summed E-state index contributed by atoms with van der Waals surface area (Å²) in [6.07, 6.45) is 0.0713. The van der Waals surface area contributed by atoms with Crippen molar-refractivity contribution in [2.75, 3.05) is 13.1 Å². The molecule has 0 saturated carbocycles. The molecule has 88 valence electrons. The molecule has 0 bridgehead atoms. The lowest BCUT2D eigenvalue weighted by Crippen LogP contribution is -2.21. The molecule has 0 radical (unpaired) electrons. The van der Waals surface area contributed by atoms with Gasteiger partial charge < -0.3 is 10.1 Å². The van der Waals surface area contributed by atoms with Gasteiger partial charge in [0.15, 0.2) is 17.4 Å². The van der Waals surface area contributed by atoms with Gasteiger partial charge in [0.1, 0.15) is 6.10 Å². The summed E-state index contributed by atoms with van der Waals surface area (Å²) in [4.78, 5) is 0. The third kappa shape index (κ3) is 1.97. The normalized spacial score (nSPS) is 20.1. The first-order valence-corrected chi connectivity index (χ1v) is 4.80. The summed E-state index contributed by atoms with van der Waals surface area (Å²) < 4.78 is 56.9. The number of hydrogen-bond donors (Lipinski definition) is 1. The molecule has 1 heterocycles. The number of halogens is 4. The molecule has 0 aromatic heterocycles. The summed E-state index contributed by atoms with van der Waals surface area (Å²) in [6, 6.07) is 0.157. The second kappa shape index (κ2) is 4.29. The van der Waals surface area contributed by atoms with E-state index in [0.29, 0.717) is 19.5 Å². The van der Waals surface area contributed by atoms with Crippen molar-refractivity contribution in [1.82, 2.24) is 5.32 Å². The molecular formula is C10H9F4NO. The molecule has 2 rings (SSSR count). The van der Waals surface area contributed by atoms with Crippen LogP contribution in [0.3, 0.4) is 0 Å². The zero-order chi connectivity index (χ0) is 11.7. The van der Waals surface area contributed by atoms with Crippen LogP contribution in [0.1, 0.15) is 6.42 Å². The molecule has 6 heteroatoms. The Hall–Kier alpha value is -1.30. The first kappa shape index (κ1) is 11.2. The molecule has 1 aromatic rings. The smallest absolute Gasteiger partial charge is 0.203 e. The lowest BCUT2D eigenvalue weighted by atomic mass is 10.2. The summed E-state index contributed by atoms with van der Waals surface area (Å²) in [6.45, 7) is 1.04. The van der Waals surface area contributed by atoms with Crippen molar-refractivity contribution < 1.29 is 22.3 Å². The second-order valence-corrected chi connectivity index (χ2v) is 3.53. The van der Waals surface area contributed by atoms with E-state index in [1.54, 1.807) is 0 Å². The molecule has 1 atom stereocenters. The minimum absolute atomic E-state index is 0.157. The number of benzene rings is 1. The Balaban J connectivity index is 2.31. The van der Waals surface area contributed by atoms with Gasteiger partial charge in [-0.25, -0.2) is 8.78 Å². The number of rotatable bonds is 2. The summed E-state index contributed by atoms with van der Waals surface area (Å²) >= 11 is 0. The van der Waals surface area contributed by atoms with Crippen LogP contribution < -0.4 is 10.1 Å². The van der Waals surface area contributed by atoms with Crippen LogP contribution in [0.25, 0.3) is 0 Å². The standard InChI is InChI=1S/C10H9F4NO/c11-6-3-7(12)9(14)10(8(6)13)16-5-1-2-15-4-5/h3,5,15H,1-2,4H2/t5-/m1/s1. The molecule has 2 nitrogen and oxygen atoms in total. The fourth-order valence-electron chi connectivity index (χ4n) is 1.55. The van der Waals surface area contributed by atoms with E-state index < -0.39 is 35.1 Å². The second-order valence-electron chi connectivity index (χ2n) is 3.53. The van der Waals surface area contributed by atoms with E-state index in [1.165, 1.54) is 0 Å². The monoisotopic (exact) mass is 235 g/mol. The van der Waals surface area contributed by atoms with Crippen LogP contribution in [0, 0.1) is 23.3 Å². The molecule has 0 spiro atoms. The van der Waals surface area contributed by atoms with Gasteiger partial charge in [-0.2, -0.15) is 8.78 Å². The van der Waals surface area contributed by atoms with E-state index in [1.807, 2.05) is 0 Å². The summed E-state index contributed by atoms with van der Waals surface area (Å²) in [5, 5.41) is 2.90. The van der Waals surface area contributed by atoms with Gasteiger partial charge in [-0.3, -0.25) is 0 Å². The van der Waals surface area contributed by atoms with Crippen molar-refractivity contribution in [3.63, 3.8) is 0 Å². The van der Waals surface area contributed by atoms with Crippen molar-refractivity contribution in [3.8, 4) is 5.75 Å². The zero-order valence-electron chi connectivity index (χ0n) is 8.20. The van der Waals surface area contributed by atoms with Gasteiger partial charge in [-0.1, -0.05) is 0 Å². The Morgan fingerprint density at radius 3 is 2.25 bits per heavy atom.